The van der Waals surface area contributed by atoms with E-state index in [-0.39, 0.29) is 24.1 Å². The van der Waals surface area contributed by atoms with Crippen LogP contribution in [-0.4, -0.2) is 29.2 Å². The van der Waals surface area contributed by atoms with Crippen molar-refractivity contribution in [2.24, 2.45) is 23.7 Å². The predicted octanol–water partition coefficient (Wildman–Crippen LogP) is 2.08. The van der Waals surface area contributed by atoms with Crippen molar-refractivity contribution in [3.63, 3.8) is 0 Å². The molecule has 1 unspecified atom stereocenters. The minimum absolute atomic E-state index is 0.178. The summed E-state index contributed by atoms with van der Waals surface area (Å²) >= 11 is 0. The Kier molecular flexibility index (Phi) is 1.95. The van der Waals surface area contributed by atoms with Gasteiger partial charge in [0.25, 0.3) is 0 Å². The second-order valence-corrected chi connectivity index (χ2v) is 7.46. The molecule has 0 amide bonds. The van der Waals surface area contributed by atoms with E-state index in [1.165, 1.54) is 32.1 Å². The molecule has 1 N–H and O–H groups in total. The van der Waals surface area contributed by atoms with Gasteiger partial charge in [-0.25, -0.2) is 0 Å². The quantitative estimate of drug-likeness (QED) is 0.715. The van der Waals surface area contributed by atoms with Gasteiger partial charge in [-0.2, -0.15) is 0 Å². The topological polar surface area (TPSA) is 38.7 Å². The van der Waals surface area contributed by atoms with Crippen molar-refractivity contribution < 1.29 is 14.6 Å². The average molecular weight is 250 g/mol. The van der Waals surface area contributed by atoms with Crippen LogP contribution >= 0.6 is 0 Å². The molecular weight excluding hydrogens is 228 g/mol. The van der Waals surface area contributed by atoms with Gasteiger partial charge in [0.15, 0.2) is 5.79 Å². The number of hydrogen-bond donors (Lipinski definition) is 1. The Morgan fingerprint density at radius 2 is 1.22 bits per heavy atom. The van der Waals surface area contributed by atoms with E-state index < -0.39 is 0 Å². The fraction of sp³-hybridized carbons (Fsp3) is 1.00. The van der Waals surface area contributed by atoms with E-state index in [4.69, 9.17) is 9.47 Å². The van der Waals surface area contributed by atoms with Gasteiger partial charge < -0.3 is 14.6 Å². The van der Waals surface area contributed by atoms with Crippen LogP contribution in [0.3, 0.4) is 0 Å². The Morgan fingerprint density at radius 1 is 0.722 bits per heavy atom. The highest BCUT2D eigenvalue weighted by molar-refractivity contribution is 5.08. The maximum absolute atomic E-state index is 9.71. The van der Waals surface area contributed by atoms with Crippen LogP contribution in [0.25, 0.3) is 0 Å². The van der Waals surface area contributed by atoms with Crippen LogP contribution in [0.5, 0.6) is 0 Å². The molecule has 100 valence electrons. The standard InChI is InChI=1S/C15H22O3/c16-12-6-13-14(7-12)18-15(17-13)10-2-8-1-9(4-10)5-11(15)3-8/h8-14,16H,1-7H2/t8?,9?,10?,11?,12?,13-,14+,15?. The Labute approximate surface area is 108 Å². The highest BCUT2D eigenvalue weighted by Gasteiger charge is 2.65. The highest BCUT2D eigenvalue weighted by Crippen LogP contribution is 2.63. The zero-order chi connectivity index (χ0) is 11.9. The van der Waals surface area contributed by atoms with Gasteiger partial charge >= 0.3 is 0 Å². The number of rotatable bonds is 0. The number of fused-ring (bicyclic) bond motifs is 1. The van der Waals surface area contributed by atoms with Crippen molar-refractivity contribution in [1.29, 1.82) is 0 Å². The van der Waals surface area contributed by atoms with Crippen LogP contribution in [0.15, 0.2) is 0 Å². The predicted molar refractivity (Wildman–Crippen MR) is 64.8 cm³/mol. The lowest BCUT2D eigenvalue weighted by atomic mass is 9.53. The maximum atomic E-state index is 9.71. The zero-order valence-electron chi connectivity index (χ0n) is 10.8. The minimum atomic E-state index is -0.233. The van der Waals surface area contributed by atoms with Gasteiger partial charge in [-0.3, -0.25) is 0 Å². The molecule has 3 heteroatoms. The molecule has 0 aromatic heterocycles. The van der Waals surface area contributed by atoms with Gasteiger partial charge in [-0.15, -0.1) is 0 Å². The summed E-state index contributed by atoms with van der Waals surface area (Å²) in [4.78, 5) is 0. The Morgan fingerprint density at radius 3 is 1.72 bits per heavy atom. The fourth-order valence-corrected chi connectivity index (χ4v) is 5.91. The van der Waals surface area contributed by atoms with Gasteiger partial charge in [0.2, 0.25) is 0 Å². The van der Waals surface area contributed by atoms with Crippen molar-refractivity contribution in [2.75, 3.05) is 0 Å². The number of hydrogen-bond acceptors (Lipinski definition) is 3. The lowest BCUT2D eigenvalue weighted by molar-refractivity contribution is -0.302. The molecule has 1 aliphatic heterocycles. The summed E-state index contributed by atoms with van der Waals surface area (Å²) in [6, 6.07) is 0. The van der Waals surface area contributed by atoms with Gasteiger partial charge in [-0.1, -0.05) is 0 Å². The Bertz CT molecular complexity index is 336. The summed E-state index contributed by atoms with van der Waals surface area (Å²) in [7, 11) is 0. The van der Waals surface area contributed by atoms with E-state index in [9.17, 15) is 5.11 Å². The van der Waals surface area contributed by atoms with E-state index in [1.807, 2.05) is 0 Å². The normalized spacial score (nSPS) is 64.8. The molecule has 1 saturated heterocycles. The molecule has 6 aliphatic rings. The minimum Gasteiger partial charge on any atom is -0.393 e. The number of ether oxygens (including phenoxy) is 2. The van der Waals surface area contributed by atoms with Crippen molar-refractivity contribution in [3.8, 4) is 0 Å². The monoisotopic (exact) mass is 250 g/mol. The molecule has 6 rings (SSSR count). The molecule has 0 aromatic rings. The molecule has 0 radical (unpaired) electrons. The summed E-state index contributed by atoms with van der Waals surface area (Å²) in [5.74, 6) is 2.98. The molecule has 6 fully saturated rings. The Balaban J connectivity index is 1.47. The van der Waals surface area contributed by atoms with Gasteiger partial charge in [-0.05, 0) is 43.9 Å². The molecule has 1 heterocycles. The summed E-state index contributed by atoms with van der Waals surface area (Å²) in [5.41, 5.74) is 0. The van der Waals surface area contributed by atoms with E-state index in [0.717, 1.165) is 24.7 Å². The first-order chi connectivity index (χ1) is 8.73. The Hall–Kier alpha value is -0.120. The molecular formula is C15H22O3. The van der Waals surface area contributed by atoms with E-state index in [2.05, 4.69) is 0 Å². The second kappa shape index (κ2) is 3.31. The largest absolute Gasteiger partial charge is 0.393 e. The summed E-state index contributed by atoms with van der Waals surface area (Å²) in [6.45, 7) is 0. The SMILES string of the molecule is OC1C[C@@H]2OC3(O[C@@H]2C1)C1CC2CC(C1)CC3C2. The molecule has 5 saturated carbocycles. The summed E-state index contributed by atoms with van der Waals surface area (Å²) in [5, 5.41) is 9.71. The van der Waals surface area contributed by atoms with Crippen LogP contribution < -0.4 is 0 Å². The van der Waals surface area contributed by atoms with Crippen LogP contribution in [-0.2, 0) is 9.47 Å². The molecule has 1 spiro atoms. The summed E-state index contributed by atoms with van der Waals surface area (Å²) < 4.78 is 12.9. The third-order valence-electron chi connectivity index (χ3n) is 6.37. The molecule has 5 aliphatic carbocycles. The molecule has 4 bridgehead atoms. The van der Waals surface area contributed by atoms with Crippen LogP contribution in [0.4, 0.5) is 0 Å². The average Bonchev–Trinajstić information content (AvgIpc) is 2.80. The smallest absolute Gasteiger partial charge is 0.174 e. The van der Waals surface area contributed by atoms with Crippen molar-refractivity contribution in [1.82, 2.24) is 0 Å². The first-order valence-corrected chi connectivity index (χ1v) is 7.76. The zero-order valence-corrected chi connectivity index (χ0v) is 10.8. The van der Waals surface area contributed by atoms with Gasteiger partial charge in [0.05, 0.1) is 18.3 Å². The van der Waals surface area contributed by atoms with E-state index in [1.54, 1.807) is 0 Å². The van der Waals surface area contributed by atoms with Crippen molar-refractivity contribution >= 4 is 0 Å². The van der Waals surface area contributed by atoms with Crippen molar-refractivity contribution in [2.45, 2.75) is 69.0 Å². The van der Waals surface area contributed by atoms with Crippen LogP contribution in [0.2, 0.25) is 0 Å². The van der Waals surface area contributed by atoms with Gasteiger partial charge in [0.1, 0.15) is 0 Å². The number of aliphatic hydroxyl groups is 1. The maximum Gasteiger partial charge on any atom is 0.174 e. The summed E-state index contributed by atoms with van der Waals surface area (Å²) in [6.07, 6.45) is 8.52. The van der Waals surface area contributed by atoms with Crippen LogP contribution in [0, 0.1) is 23.7 Å². The molecule has 18 heavy (non-hydrogen) atoms. The first kappa shape index (κ1) is 10.6. The lowest BCUT2D eigenvalue weighted by Gasteiger charge is -2.58. The van der Waals surface area contributed by atoms with E-state index >= 15 is 0 Å². The third-order valence-corrected chi connectivity index (χ3v) is 6.37. The fourth-order valence-electron chi connectivity index (χ4n) is 5.91. The van der Waals surface area contributed by atoms with Crippen LogP contribution in [0.1, 0.15) is 44.9 Å². The van der Waals surface area contributed by atoms with Gasteiger partial charge in [0, 0.05) is 24.7 Å². The van der Waals surface area contributed by atoms with E-state index in [0.29, 0.717) is 11.8 Å². The number of aliphatic hydroxyl groups excluding tert-OH is 1. The highest BCUT2D eigenvalue weighted by atomic mass is 16.8. The first-order valence-electron chi connectivity index (χ1n) is 7.76. The third kappa shape index (κ3) is 1.21. The second-order valence-electron chi connectivity index (χ2n) is 7.46. The molecule has 3 nitrogen and oxygen atoms in total. The molecule has 0 aromatic carbocycles. The lowest BCUT2D eigenvalue weighted by Crippen LogP contribution is -2.58. The van der Waals surface area contributed by atoms with Crippen molar-refractivity contribution in [3.05, 3.63) is 0 Å². The molecule has 3 atom stereocenters.